The van der Waals surface area contributed by atoms with Crippen molar-refractivity contribution in [1.82, 2.24) is 9.80 Å². The number of piperidine rings is 1. The number of rotatable bonds is 5. The number of carbonyl (C=O) groups excluding carboxylic acids is 1. The second-order valence-corrected chi connectivity index (χ2v) is 6.28. The van der Waals surface area contributed by atoms with Gasteiger partial charge in [-0.1, -0.05) is 26.2 Å². The van der Waals surface area contributed by atoms with Crippen molar-refractivity contribution in [2.45, 2.75) is 52.4 Å². The maximum absolute atomic E-state index is 11.3. The average Bonchev–Trinajstić information content (AvgIpc) is 2.33. The molecular weight excluding hydrogens is 224 g/mol. The molecule has 1 spiro atoms. The van der Waals surface area contributed by atoms with Crippen LogP contribution in [0.15, 0.2) is 0 Å². The van der Waals surface area contributed by atoms with E-state index in [0.717, 1.165) is 13.1 Å². The van der Waals surface area contributed by atoms with E-state index >= 15 is 0 Å². The molecule has 0 aromatic heterocycles. The molecule has 1 amide bonds. The van der Waals surface area contributed by atoms with Gasteiger partial charge >= 0.3 is 0 Å². The summed E-state index contributed by atoms with van der Waals surface area (Å²) in [6, 6.07) is 0. The number of hydrogen-bond acceptors (Lipinski definition) is 2. The van der Waals surface area contributed by atoms with E-state index in [0.29, 0.717) is 5.41 Å². The second kappa shape index (κ2) is 6.05. The van der Waals surface area contributed by atoms with Crippen molar-refractivity contribution < 1.29 is 4.79 Å². The van der Waals surface area contributed by atoms with Crippen LogP contribution in [0.25, 0.3) is 0 Å². The molecule has 104 valence electrons. The van der Waals surface area contributed by atoms with Crippen molar-refractivity contribution in [3.63, 3.8) is 0 Å². The molecule has 0 radical (unpaired) electrons. The van der Waals surface area contributed by atoms with Crippen LogP contribution in [0.4, 0.5) is 0 Å². The minimum absolute atomic E-state index is 0.251. The first-order valence-electron chi connectivity index (χ1n) is 7.63. The Balaban J connectivity index is 1.62. The summed E-state index contributed by atoms with van der Waals surface area (Å²) in [5.74, 6) is 0.251. The minimum Gasteiger partial charge on any atom is -0.343 e. The van der Waals surface area contributed by atoms with Crippen LogP contribution in [0, 0.1) is 5.41 Å². The first-order valence-corrected chi connectivity index (χ1v) is 7.63. The molecule has 0 unspecified atom stereocenters. The maximum Gasteiger partial charge on any atom is 0.219 e. The molecule has 18 heavy (non-hydrogen) atoms. The number of likely N-dealkylation sites (tertiary alicyclic amines) is 2. The molecule has 2 fully saturated rings. The molecule has 0 aliphatic carbocycles. The van der Waals surface area contributed by atoms with Crippen LogP contribution in [-0.2, 0) is 4.79 Å². The summed E-state index contributed by atoms with van der Waals surface area (Å²) >= 11 is 0. The molecule has 2 heterocycles. The molecule has 2 aliphatic heterocycles. The van der Waals surface area contributed by atoms with Gasteiger partial charge in [0.05, 0.1) is 0 Å². The normalized spacial score (nSPS) is 23.1. The van der Waals surface area contributed by atoms with Crippen LogP contribution >= 0.6 is 0 Å². The molecule has 0 aromatic rings. The van der Waals surface area contributed by atoms with E-state index in [9.17, 15) is 4.79 Å². The molecule has 2 saturated heterocycles. The van der Waals surface area contributed by atoms with E-state index in [1.54, 1.807) is 6.92 Å². The van der Waals surface area contributed by atoms with Crippen molar-refractivity contribution >= 4 is 5.91 Å². The molecule has 2 aliphatic rings. The number of hydrogen-bond donors (Lipinski definition) is 0. The zero-order chi connectivity index (χ0) is 13.0. The average molecular weight is 252 g/mol. The lowest BCUT2D eigenvalue weighted by Crippen LogP contribution is -2.60. The monoisotopic (exact) mass is 252 g/mol. The third-order valence-corrected chi connectivity index (χ3v) is 4.72. The van der Waals surface area contributed by atoms with Crippen molar-refractivity contribution in [2.24, 2.45) is 5.41 Å². The number of amides is 1. The molecule has 2 rings (SSSR count). The quantitative estimate of drug-likeness (QED) is 0.702. The fraction of sp³-hybridized carbons (Fsp3) is 0.933. The number of carbonyl (C=O) groups is 1. The van der Waals surface area contributed by atoms with E-state index in [4.69, 9.17) is 0 Å². The van der Waals surface area contributed by atoms with Crippen molar-refractivity contribution in [3.8, 4) is 0 Å². The van der Waals surface area contributed by atoms with E-state index in [1.807, 2.05) is 4.90 Å². The highest BCUT2D eigenvalue weighted by molar-refractivity contribution is 5.73. The van der Waals surface area contributed by atoms with E-state index in [2.05, 4.69) is 11.8 Å². The Kier molecular flexibility index (Phi) is 4.66. The molecule has 0 atom stereocenters. The first-order chi connectivity index (χ1) is 8.65. The predicted molar refractivity (Wildman–Crippen MR) is 74.5 cm³/mol. The lowest BCUT2D eigenvalue weighted by molar-refractivity contribution is -0.133. The lowest BCUT2D eigenvalue weighted by Gasteiger charge is -2.54. The third-order valence-electron chi connectivity index (χ3n) is 4.72. The molecule has 0 N–H and O–H groups in total. The molecular formula is C15H28N2O. The van der Waals surface area contributed by atoms with Gasteiger partial charge in [-0.3, -0.25) is 4.79 Å². The zero-order valence-electron chi connectivity index (χ0n) is 12.1. The van der Waals surface area contributed by atoms with Gasteiger partial charge in [-0.05, 0) is 31.2 Å². The van der Waals surface area contributed by atoms with Crippen LogP contribution in [0.1, 0.15) is 52.4 Å². The number of nitrogens with zero attached hydrogens (tertiary/aromatic N) is 2. The van der Waals surface area contributed by atoms with Crippen molar-refractivity contribution in [3.05, 3.63) is 0 Å². The van der Waals surface area contributed by atoms with Gasteiger partial charge in [0.1, 0.15) is 0 Å². The van der Waals surface area contributed by atoms with Gasteiger partial charge in [0.2, 0.25) is 5.91 Å². The van der Waals surface area contributed by atoms with Gasteiger partial charge in [-0.25, -0.2) is 0 Å². The van der Waals surface area contributed by atoms with Gasteiger partial charge < -0.3 is 9.80 Å². The van der Waals surface area contributed by atoms with Crippen LogP contribution in [0.3, 0.4) is 0 Å². The summed E-state index contributed by atoms with van der Waals surface area (Å²) in [5, 5.41) is 0. The van der Waals surface area contributed by atoms with Crippen LogP contribution in [-0.4, -0.2) is 48.4 Å². The van der Waals surface area contributed by atoms with E-state index < -0.39 is 0 Å². The van der Waals surface area contributed by atoms with E-state index in [1.165, 1.54) is 58.2 Å². The Morgan fingerprint density at radius 2 is 1.78 bits per heavy atom. The summed E-state index contributed by atoms with van der Waals surface area (Å²) in [6.45, 7) is 9.78. The standard InChI is InChI=1S/C15H28N2O/c1-3-4-5-6-9-16-12-15(13-16)7-10-17(11-8-15)14(2)18/h3-13H2,1-2H3. The highest BCUT2D eigenvalue weighted by atomic mass is 16.2. The highest BCUT2D eigenvalue weighted by Gasteiger charge is 2.44. The minimum atomic E-state index is 0.251. The zero-order valence-corrected chi connectivity index (χ0v) is 12.1. The second-order valence-electron chi connectivity index (χ2n) is 6.28. The fourth-order valence-corrected chi connectivity index (χ4v) is 3.43. The Morgan fingerprint density at radius 3 is 2.33 bits per heavy atom. The summed E-state index contributed by atoms with van der Waals surface area (Å²) < 4.78 is 0. The Hall–Kier alpha value is -0.570. The van der Waals surface area contributed by atoms with Gasteiger partial charge in [0.15, 0.2) is 0 Å². The molecule has 3 heteroatoms. The first kappa shape index (κ1) is 13.9. The summed E-state index contributed by atoms with van der Waals surface area (Å²) in [7, 11) is 0. The largest absolute Gasteiger partial charge is 0.343 e. The van der Waals surface area contributed by atoms with Gasteiger partial charge in [-0.2, -0.15) is 0 Å². The molecule has 3 nitrogen and oxygen atoms in total. The smallest absolute Gasteiger partial charge is 0.219 e. The summed E-state index contributed by atoms with van der Waals surface area (Å²) in [5.41, 5.74) is 0.566. The van der Waals surface area contributed by atoms with Crippen LogP contribution in [0.5, 0.6) is 0 Å². The third kappa shape index (κ3) is 3.25. The predicted octanol–water partition coefficient (Wildman–Crippen LogP) is 2.51. The summed E-state index contributed by atoms with van der Waals surface area (Å²) in [6.07, 6.45) is 7.90. The Morgan fingerprint density at radius 1 is 1.11 bits per heavy atom. The summed E-state index contributed by atoms with van der Waals surface area (Å²) in [4.78, 5) is 15.9. The molecule has 0 bridgehead atoms. The lowest BCUT2D eigenvalue weighted by atomic mass is 9.72. The topological polar surface area (TPSA) is 23.6 Å². The van der Waals surface area contributed by atoms with E-state index in [-0.39, 0.29) is 5.91 Å². The van der Waals surface area contributed by atoms with Gasteiger partial charge in [0.25, 0.3) is 0 Å². The Bertz CT molecular complexity index is 274. The molecule has 0 aromatic carbocycles. The fourth-order valence-electron chi connectivity index (χ4n) is 3.43. The Labute approximate surface area is 112 Å². The maximum atomic E-state index is 11.3. The van der Waals surface area contributed by atoms with Crippen LogP contribution < -0.4 is 0 Å². The van der Waals surface area contributed by atoms with Gasteiger partial charge in [0, 0.05) is 33.1 Å². The van der Waals surface area contributed by atoms with Crippen LogP contribution in [0.2, 0.25) is 0 Å². The SMILES string of the molecule is CCCCCCN1CC2(CCN(C(C)=O)CC2)C1. The van der Waals surface area contributed by atoms with Gasteiger partial charge in [-0.15, -0.1) is 0 Å². The van der Waals surface area contributed by atoms with Crippen molar-refractivity contribution in [2.75, 3.05) is 32.7 Å². The van der Waals surface area contributed by atoms with Crippen molar-refractivity contribution in [1.29, 1.82) is 0 Å². The highest BCUT2D eigenvalue weighted by Crippen LogP contribution is 2.40. The molecule has 0 saturated carbocycles. The number of unbranched alkanes of at least 4 members (excludes halogenated alkanes) is 3.